The second kappa shape index (κ2) is 8.23. The lowest BCUT2D eigenvalue weighted by molar-refractivity contribution is 0.327. The minimum atomic E-state index is -3.31. The second-order valence-corrected chi connectivity index (χ2v) is 8.72. The maximum Gasteiger partial charge on any atom is 0.264 e. The third-order valence-electron chi connectivity index (χ3n) is 4.60. The summed E-state index contributed by atoms with van der Waals surface area (Å²) in [4.78, 5) is 22.0. The van der Waals surface area contributed by atoms with Crippen molar-refractivity contribution in [3.8, 4) is 17.2 Å². The third kappa shape index (κ3) is 4.04. The van der Waals surface area contributed by atoms with Gasteiger partial charge in [-0.15, -0.1) is 0 Å². The van der Waals surface area contributed by atoms with Crippen LogP contribution in [0.25, 0.3) is 10.9 Å². The molecule has 1 N–H and O–H groups in total. The molecule has 0 radical (unpaired) electrons. The minimum absolute atomic E-state index is 0.231. The van der Waals surface area contributed by atoms with Gasteiger partial charge in [0.2, 0.25) is 11.7 Å². The highest BCUT2D eigenvalue weighted by molar-refractivity contribution is 7.90. The Morgan fingerprint density at radius 3 is 2.37 bits per heavy atom. The average Bonchev–Trinajstić information content (AvgIpc) is 2.71. The van der Waals surface area contributed by atoms with Gasteiger partial charge in [-0.05, 0) is 17.7 Å². The van der Waals surface area contributed by atoms with E-state index in [9.17, 15) is 13.2 Å². The summed E-state index contributed by atoms with van der Waals surface area (Å²) in [7, 11) is 2.81. The SMILES string of the molecule is COc1cc2nc(N(C)Cc3cccc(S(C)(=O)=O)c3)[nH]c(=O)c2c(OC)c1OC. The zero-order valence-electron chi connectivity index (χ0n) is 17.3. The van der Waals surface area contributed by atoms with Crippen LogP contribution in [0.2, 0.25) is 0 Å². The van der Waals surface area contributed by atoms with Gasteiger partial charge in [-0.2, -0.15) is 0 Å². The van der Waals surface area contributed by atoms with Crippen molar-refractivity contribution in [3.63, 3.8) is 0 Å². The van der Waals surface area contributed by atoms with E-state index in [1.807, 2.05) is 0 Å². The van der Waals surface area contributed by atoms with Crippen LogP contribution in [-0.4, -0.2) is 53.0 Å². The third-order valence-corrected chi connectivity index (χ3v) is 5.71. The summed E-state index contributed by atoms with van der Waals surface area (Å²) >= 11 is 0. The fourth-order valence-corrected chi connectivity index (χ4v) is 3.85. The minimum Gasteiger partial charge on any atom is -0.493 e. The molecule has 0 bridgehead atoms. The predicted octanol–water partition coefficient (Wildman–Crippen LogP) is 1.99. The number of rotatable bonds is 7. The number of aromatic amines is 1. The van der Waals surface area contributed by atoms with Crippen LogP contribution in [0.15, 0.2) is 40.0 Å². The number of hydrogen-bond donors (Lipinski definition) is 1. The van der Waals surface area contributed by atoms with E-state index in [1.165, 1.54) is 21.3 Å². The molecule has 3 aromatic rings. The van der Waals surface area contributed by atoms with Crippen LogP contribution >= 0.6 is 0 Å². The van der Waals surface area contributed by atoms with Crippen molar-refractivity contribution >= 4 is 26.7 Å². The van der Waals surface area contributed by atoms with E-state index in [-0.39, 0.29) is 16.0 Å². The Morgan fingerprint density at radius 1 is 1.07 bits per heavy atom. The van der Waals surface area contributed by atoms with Crippen LogP contribution in [0, 0.1) is 0 Å². The zero-order chi connectivity index (χ0) is 22.1. The first kappa shape index (κ1) is 21.4. The van der Waals surface area contributed by atoms with E-state index >= 15 is 0 Å². The predicted molar refractivity (Wildman–Crippen MR) is 114 cm³/mol. The number of aromatic nitrogens is 2. The number of methoxy groups -OCH3 is 3. The van der Waals surface area contributed by atoms with Gasteiger partial charge < -0.3 is 19.1 Å². The molecule has 0 amide bonds. The van der Waals surface area contributed by atoms with E-state index in [1.54, 1.807) is 42.3 Å². The first-order valence-electron chi connectivity index (χ1n) is 8.92. The molecule has 160 valence electrons. The molecule has 0 atom stereocenters. The Balaban J connectivity index is 2.06. The van der Waals surface area contributed by atoms with Crippen molar-refractivity contribution in [1.29, 1.82) is 0 Å². The number of anilines is 1. The summed E-state index contributed by atoms with van der Waals surface area (Å²) in [5.41, 5.74) is 0.734. The van der Waals surface area contributed by atoms with Crippen LogP contribution in [0.4, 0.5) is 5.95 Å². The van der Waals surface area contributed by atoms with Crippen molar-refractivity contribution in [2.24, 2.45) is 0 Å². The first-order valence-corrected chi connectivity index (χ1v) is 10.8. The molecule has 30 heavy (non-hydrogen) atoms. The molecule has 1 aromatic heterocycles. The number of ether oxygens (including phenoxy) is 3. The molecule has 2 aromatic carbocycles. The quantitative estimate of drug-likeness (QED) is 0.602. The van der Waals surface area contributed by atoms with E-state index in [0.717, 1.165) is 11.8 Å². The van der Waals surface area contributed by atoms with E-state index in [2.05, 4.69) is 9.97 Å². The maximum atomic E-state index is 12.8. The molecule has 0 aliphatic heterocycles. The highest BCUT2D eigenvalue weighted by Gasteiger charge is 2.21. The van der Waals surface area contributed by atoms with Crippen LogP contribution in [0.5, 0.6) is 17.2 Å². The number of nitrogens with one attached hydrogen (secondary N) is 1. The lowest BCUT2D eigenvalue weighted by atomic mass is 10.2. The normalized spacial score (nSPS) is 11.4. The van der Waals surface area contributed by atoms with Crippen molar-refractivity contribution in [3.05, 3.63) is 46.2 Å². The molecule has 0 saturated heterocycles. The van der Waals surface area contributed by atoms with E-state index in [0.29, 0.717) is 29.5 Å². The van der Waals surface area contributed by atoms with Gasteiger partial charge in [-0.25, -0.2) is 13.4 Å². The summed E-state index contributed by atoms with van der Waals surface area (Å²) in [6.07, 6.45) is 1.16. The number of benzene rings is 2. The molecular weight excluding hydrogens is 410 g/mol. The molecule has 0 aliphatic carbocycles. The molecule has 9 nitrogen and oxygen atoms in total. The maximum absolute atomic E-state index is 12.8. The number of sulfone groups is 1. The fraction of sp³-hybridized carbons (Fsp3) is 0.300. The molecule has 0 saturated carbocycles. The largest absolute Gasteiger partial charge is 0.493 e. The number of nitrogens with zero attached hydrogens (tertiary/aromatic N) is 2. The summed E-state index contributed by atoms with van der Waals surface area (Å²) < 4.78 is 39.6. The van der Waals surface area contributed by atoms with Gasteiger partial charge in [0, 0.05) is 25.9 Å². The second-order valence-electron chi connectivity index (χ2n) is 6.70. The Labute approximate surface area is 174 Å². The molecule has 0 spiro atoms. The van der Waals surface area contributed by atoms with Gasteiger partial charge in [0.05, 0.1) is 31.7 Å². The first-order chi connectivity index (χ1) is 14.2. The highest BCUT2D eigenvalue weighted by atomic mass is 32.2. The van der Waals surface area contributed by atoms with Crippen LogP contribution in [0.3, 0.4) is 0 Å². The Morgan fingerprint density at radius 2 is 1.77 bits per heavy atom. The van der Waals surface area contributed by atoms with Crippen molar-refractivity contribution in [2.45, 2.75) is 11.4 Å². The molecule has 0 aliphatic rings. The van der Waals surface area contributed by atoms with E-state index < -0.39 is 15.4 Å². The Kier molecular flexibility index (Phi) is 5.88. The summed E-state index contributed by atoms with van der Waals surface area (Å²) in [5.74, 6) is 1.23. The summed E-state index contributed by atoms with van der Waals surface area (Å²) in [5, 5.41) is 0.242. The van der Waals surface area contributed by atoms with Crippen LogP contribution in [-0.2, 0) is 16.4 Å². The smallest absolute Gasteiger partial charge is 0.264 e. The Bertz CT molecular complexity index is 1250. The average molecular weight is 433 g/mol. The highest BCUT2D eigenvalue weighted by Crippen LogP contribution is 2.41. The molecule has 10 heteroatoms. The van der Waals surface area contributed by atoms with Crippen molar-refractivity contribution < 1.29 is 22.6 Å². The van der Waals surface area contributed by atoms with Crippen LogP contribution < -0.4 is 24.7 Å². The number of hydrogen-bond acceptors (Lipinski definition) is 8. The number of fused-ring (bicyclic) bond motifs is 1. The van der Waals surface area contributed by atoms with Crippen molar-refractivity contribution in [1.82, 2.24) is 9.97 Å². The molecule has 3 rings (SSSR count). The Hall–Kier alpha value is -3.27. The van der Waals surface area contributed by atoms with Crippen molar-refractivity contribution in [2.75, 3.05) is 39.5 Å². The summed E-state index contributed by atoms with van der Waals surface area (Å²) in [6, 6.07) is 8.23. The topological polar surface area (TPSA) is 111 Å². The summed E-state index contributed by atoms with van der Waals surface area (Å²) in [6.45, 7) is 0.336. The van der Waals surface area contributed by atoms with E-state index in [4.69, 9.17) is 14.2 Å². The van der Waals surface area contributed by atoms with Gasteiger partial charge in [0.1, 0.15) is 5.39 Å². The monoisotopic (exact) mass is 433 g/mol. The molecule has 1 heterocycles. The standard InChI is InChI=1S/C20H23N3O6S/c1-23(11-12-7-6-8-13(9-12)30(5,25)26)20-21-14-10-15(27-2)17(28-3)18(29-4)16(14)19(24)22-20/h6-10H,11H2,1-5H3,(H,21,22,24). The van der Waals surface area contributed by atoms with Gasteiger partial charge >= 0.3 is 0 Å². The van der Waals surface area contributed by atoms with Gasteiger partial charge in [0.25, 0.3) is 5.56 Å². The molecule has 0 fully saturated rings. The molecule has 0 unspecified atom stereocenters. The van der Waals surface area contributed by atoms with Gasteiger partial charge in [-0.1, -0.05) is 12.1 Å². The van der Waals surface area contributed by atoms with Gasteiger partial charge in [-0.3, -0.25) is 9.78 Å². The van der Waals surface area contributed by atoms with Crippen LogP contribution in [0.1, 0.15) is 5.56 Å². The zero-order valence-corrected chi connectivity index (χ0v) is 18.2. The van der Waals surface area contributed by atoms with Gasteiger partial charge in [0.15, 0.2) is 21.3 Å². The lowest BCUT2D eigenvalue weighted by Crippen LogP contribution is -2.23. The fourth-order valence-electron chi connectivity index (χ4n) is 3.16. The molecular formula is C20H23N3O6S. The number of H-pyrrole nitrogens is 1. The lowest BCUT2D eigenvalue weighted by Gasteiger charge is -2.19.